The number of aliphatic hydroxyl groups excluding tert-OH is 1. The van der Waals surface area contributed by atoms with E-state index in [1.807, 2.05) is 0 Å². The molecule has 12 heavy (non-hydrogen) atoms. The van der Waals surface area contributed by atoms with E-state index in [1.165, 1.54) is 11.3 Å². The van der Waals surface area contributed by atoms with E-state index in [2.05, 4.69) is 10.3 Å². The Labute approximate surface area is 74.3 Å². The Hall–Kier alpha value is -0.940. The number of nitrogens with zero attached hydrogens (tertiary/aromatic N) is 1. The highest BCUT2D eigenvalue weighted by Crippen LogP contribution is 1.99. The molecule has 0 unspecified atom stereocenters. The fraction of sp³-hybridized carbons (Fsp3) is 0.429. The maximum atomic E-state index is 11.1. The molecule has 1 aromatic heterocycles. The molecule has 4 nitrogen and oxygen atoms in total. The van der Waals surface area contributed by atoms with Gasteiger partial charge < -0.3 is 10.4 Å². The number of aromatic nitrogens is 1. The van der Waals surface area contributed by atoms with Crippen molar-refractivity contribution in [3.63, 3.8) is 0 Å². The van der Waals surface area contributed by atoms with Crippen molar-refractivity contribution in [1.82, 2.24) is 10.3 Å². The standard InChI is InChI=1S/C7H10N2O2S/c10-3-1-2-8-7(11)6-4-12-5-9-6/h4-5,10H,1-3H2,(H,8,11). The zero-order valence-corrected chi connectivity index (χ0v) is 7.30. The predicted octanol–water partition coefficient (Wildman–Crippen LogP) is 0.255. The Bertz CT molecular complexity index is 236. The Morgan fingerprint density at radius 3 is 3.17 bits per heavy atom. The second-order valence-corrected chi connectivity index (χ2v) is 2.93. The summed E-state index contributed by atoms with van der Waals surface area (Å²) in [6.45, 7) is 0.588. The maximum Gasteiger partial charge on any atom is 0.270 e. The zero-order valence-electron chi connectivity index (χ0n) is 6.49. The number of carbonyl (C=O) groups excluding carboxylic acids is 1. The third-order valence-electron chi connectivity index (χ3n) is 1.29. The smallest absolute Gasteiger partial charge is 0.270 e. The summed E-state index contributed by atoms with van der Waals surface area (Å²) in [4.78, 5) is 15.0. The Morgan fingerprint density at radius 2 is 2.58 bits per heavy atom. The first-order valence-electron chi connectivity index (χ1n) is 3.62. The van der Waals surface area contributed by atoms with Gasteiger partial charge in [0.15, 0.2) is 0 Å². The van der Waals surface area contributed by atoms with E-state index in [0.717, 1.165) is 0 Å². The number of thiazole rings is 1. The molecule has 1 amide bonds. The fourth-order valence-electron chi connectivity index (χ4n) is 0.696. The molecule has 0 aliphatic rings. The first-order chi connectivity index (χ1) is 5.84. The van der Waals surface area contributed by atoms with Gasteiger partial charge in [-0.05, 0) is 6.42 Å². The van der Waals surface area contributed by atoms with Crippen molar-refractivity contribution in [3.05, 3.63) is 16.6 Å². The topological polar surface area (TPSA) is 62.2 Å². The van der Waals surface area contributed by atoms with Crippen LogP contribution in [-0.2, 0) is 0 Å². The normalized spacial score (nSPS) is 9.75. The largest absolute Gasteiger partial charge is 0.396 e. The van der Waals surface area contributed by atoms with Crippen LogP contribution >= 0.6 is 11.3 Å². The van der Waals surface area contributed by atoms with Gasteiger partial charge in [0.1, 0.15) is 5.69 Å². The molecule has 1 heterocycles. The molecular formula is C7H10N2O2S. The quantitative estimate of drug-likeness (QED) is 0.663. The highest BCUT2D eigenvalue weighted by atomic mass is 32.1. The summed E-state index contributed by atoms with van der Waals surface area (Å²) in [6, 6.07) is 0. The second kappa shape index (κ2) is 4.84. The van der Waals surface area contributed by atoms with Gasteiger partial charge in [0.25, 0.3) is 5.91 Å². The van der Waals surface area contributed by atoms with Crippen LogP contribution in [-0.4, -0.2) is 29.1 Å². The summed E-state index contributed by atoms with van der Waals surface area (Å²) < 4.78 is 0. The minimum absolute atomic E-state index is 0.0946. The van der Waals surface area contributed by atoms with Gasteiger partial charge in [-0.3, -0.25) is 4.79 Å². The van der Waals surface area contributed by atoms with Crippen LogP contribution in [0.15, 0.2) is 10.9 Å². The number of rotatable bonds is 4. The van der Waals surface area contributed by atoms with Gasteiger partial charge in [-0.2, -0.15) is 0 Å². The first-order valence-corrected chi connectivity index (χ1v) is 4.56. The van der Waals surface area contributed by atoms with Crippen molar-refractivity contribution in [1.29, 1.82) is 0 Å². The van der Waals surface area contributed by atoms with E-state index < -0.39 is 0 Å². The summed E-state index contributed by atoms with van der Waals surface area (Å²) in [6.07, 6.45) is 0.579. The lowest BCUT2D eigenvalue weighted by atomic mass is 10.4. The molecular weight excluding hydrogens is 176 g/mol. The van der Waals surface area contributed by atoms with E-state index in [0.29, 0.717) is 18.7 Å². The number of aliphatic hydroxyl groups is 1. The molecule has 0 aliphatic carbocycles. The van der Waals surface area contributed by atoms with Gasteiger partial charge in [0, 0.05) is 18.5 Å². The van der Waals surface area contributed by atoms with Crippen molar-refractivity contribution in [2.75, 3.05) is 13.2 Å². The van der Waals surface area contributed by atoms with E-state index in [4.69, 9.17) is 5.11 Å². The van der Waals surface area contributed by atoms with Crippen LogP contribution in [0, 0.1) is 0 Å². The number of nitrogens with one attached hydrogen (secondary N) is 1. The van der Waals surface area contributed by atoms with Crippen molar-refractivity contribution in [2.45, 2.75) is 6.42 Å². The fourth-order valence-corrected chi connectivity index (χ4v) is 1.23. The lowest BCUT2D eigenvalue weighted by molar-refractivity contribution is 0.0947. The summed E-state index contributed by atoms with van der Waals surface area (Å²) in [5.41, 5.74) is 2.05. The van der Waals surface area contributed by atoms with Gasteiger partial charge in [0.2, 0.25) is 0 Å². The van der Waals surface area contributed by atoms with E-state index >= 15 is 0 Å². The average molecular weight is 186 g/mol. The monoisotopic (exact) mass is 186 g/mol. The number of hydrogen-bond donors (Lipinski definition) is 2. The van der Waals surface area contributed by atoms with Gasteiger partial charge in [-0.25, -0.2) is 4.98 Å². The van der Waals surface area contributed by atoms with Crippen LogP contribution < -0.4 is 5.32 Å². The van der Waals surface area contributed by atoms with Crippen LogP contribution in [0.1, 0.15) is 16.9 Å². The number of hydrogen-bond acceptors (Lipinski definition) is 4. The minimum Gasteiger partial charge on any atom is -0.396 e. The highest BCUT2D eigenvalue weighted by Gasteiger charge is 2.04. The molecule has 0 fully saturated rings. The molecule has 0 saturated heterocycles. The summed E-state index contributed by atoms with van der Waals surface area (Å²) >= 11 is 1.39. The molecule has 66 valence electrons. The van der Waals surface area contributed by atoms with Crippen molar-refractivity contribution >= 4 is 17.2 Å². The first kappa shape index (κ1) is 9.15. The van der Waals surface area contributed by atoms with Gasteiger partial charge in [0.05, 0.1) is 5.51 Å². The maximum absolute atomic E-state index is 11.1. The molecule has 0 radical (unpaired) electrons. The Balaban J connectivity index is 2.30. The van der Waals surface area contributed by atoms with Crippen LogP contribution in [0.4, 0.5) is 0 Å². The lowest BCUT2D eigenvalue weighted by Gasteiger charge is -1.99. The van der Waals surface area contributed by atoms with Gasteiger partial charge in [-0.15, -0.1) is 11.3 Å². The van der Waals surface area contributed by atoms with E-state index in [-0.39, 0.29) is 12.5 Å². The highest BCUT2D eigenvalue weighted by molar-refractivity contribution is 7.07. The van der Waals surface area contributed by atoms with Crippen LogP contribution in [0.2, 0.25) is 0 Å². The average Bonchev–Trinajstić information content (AvgIpc) is 2.56. The molecule has 0 aliphatic heterocycles. The minimum atomic E-state index is -0.176. The molecule has 1 aromatic rings. The Morgan fingerprint density at radius 1 is 1.75 bits per heavy atom. The van der Waals surface area contributed by atoms with Crippen molar-refractivity contribution in [2.24, 2.45) is 0 Å². The lowest BCUT2D eigenvalue weighted by Crippen LogP contribution is -2.25. The van der Waals surface area contributed by atoms with Crippen molar-refractivity contribution in [3.8, 4) is 0 Å². The SMILES string of the molecule is O=C(NCCCO)c1cscn1. The molecule has 0 bridgehead atoms. The third-order valence-corrected chi connectivity index (χ3v) is 1.87. The summed E-state index contributed by atoms with van der Waals surface area (Å²) in [5, 5.41) is 12.8. The Kier molecular flexibility index (Phi) is 3.69. The van der Waals surface area contributed by atoms with E-state index in [1.54, 1.807) is 10.9 Å². The molecule has 5 heteroatoms. The third kappa shape index (κ3) is 2.60. The molecule has 2 N–H and O–H groups in total. The number of carbonyl (C=O) groups is 1. The molecule has 0 aromatic carbocycles. The summed E-state index contributed by atoms with van der Waals surface area (Å²) in [5.74, 6) is -0.176. The van der Waals surface area contributed by atoms with Crippen LogP contribution in [0.3, 0.4) is 0 Å². The van der Waals surface area contributed by atoms with E-state index in [9.17, 15) is 4.79 Å². The molecule has 0 spiro atoms. The predicted molar refractivity (Wildman–Crippen MR) is 46.2 cm³/mol. The van der Waals surface area contributed by atoms with Crippen LogP contribution in [0.5, 0.6) is 0 Å². The van der Waals surface area contributed by atoms with Crippen molar-refractivity contribution < 1.29 is 9.90 Å². The molecule has 1 rings (SSSR count). The summed E-state index contributed by atoms with van der Waals surface area (Å²) in [7, 11) is 0. The number of amides is 1. The molecule has 0 saturated carbocycles. The van der Waals surface area contributed by atoms with Gasteiger partial charge >= 0.3 is 0 Å². The molecule has 0 atom stereocenters. The second-order valence-electron chi connectivity index (χ2n) is 2.21. The van der Waals surface area contributed by atoms with Gasteiger partial charge in [-0.1, -0.05) is 0 Å². The zero-order chi connectivity index (χ0) is 8.81. The van der Waals surface area contributed by atoms with Crippen LogP contribution in [0.25, 0.3) is 0 Å².